The van der Waals surface area contributed by atoms with Gasteiger partial charge in [-0.2, -0.15) is 0 Å². The van der Waals surface area contributed by atoms with E-state index in [9.17, 15) is 0 Å². The predicted molar refractivity (Wildman–Crippen MR) is 105 cm³/mol. The molecule has 2 heterocycles. The van der Waals surface area contributed by atoms with E-state index in [1.807, 2.05) is 48.9 Å². The van der Waals surface area contributed by atoms with Crippen LogP contribution in [0.4, 0.5) is 0 Å². The number of ether oxygens (including phenoxy) is 1. The number of nitrogens with zero attached hydrogens (tertiary/aromatic N) is 3. The third kappa shape index (κ3) is 4.33. The molecule has 0 radical (unpaired) electrons. The summed E-state index contributed by atoms with van der Waals surface area (Å²) in [5.41, 5.74) is 5.46. The predicted octanol–water partition coefficient (Wildman–Crippen LogP) is 4.23. The maximum Gasteiger partial charge on any atom is 0.0956 e. The zero-order valence-electron chi connectivity index (χ0n) is 15.1. The Balaban J connectivity index is 1.52. The fourth-order valence-corrected chi connectivity index (χ4v) is 3.09. The Hall–Kier alpha value is -3.18. The summed E-state index contributed by atoms with van der Waals surface area (Å²) >= 11 is 0. The van der Waals surface area contributed by atoms with Crippen LogP contribution in [0.5, 0.6) is 0 Å². The number of aromatic nitrogens is 4. The summed E-state index contributed by atoms with van der Waals surface area (Å²) in [5.74, 6) is 0. The lowest BCUT2D eigenvalue weighted by Gasteiger charge is -2.11. The number of H-pyrrole nitrogens is 1. The molecule has 2 aromatic carbocycles. The van der Waals surface area contributed by atoms with Gasteiger partial charge in [-0.3, -0.25) is 0 Å². The van der Waals surface area contributed by atoms with Crippen molar-refractivity contribution in [1.29, 1.82) is 0 Å². The van der Waals surface area contributed by atoms with Crippen LogP contribution in [0.1, 0.15) is 17.0 Å². The average Bonchev–Trinajstić information content (AvgIpc) is 3.38. The molecule has 0 aliphatic heterocycles. The van der Waals surface area contributed by atoms with E-state index in [0.717, 1.165) is 35.6 Å². The molecule has 0 aliphatic carbocycles. The maximum absolute atomic E-state index is 6.02. The molecule has 27 heavy (non-hydrogen) atoms. The minimum Gasteiger partial charge on any atom is -0.370 e. The minimum absolute atomic E-state index is 0.516. The van der Waals surface area contributed by atoms with Crippen LogP contribution < -0.4 is 0 Å². The SMILES string of the molecule is c1ccc(COCc2c(-c3ccccc3)ncn2CCc2cnc[nH]2)cc1. The van der Waals surface area contributed by atoms with Crippen LogP contribution in [-0.4, -0.2) is 19.5 Å². The van der Waals surface area contributed by atoms with Gasteiger partial charge >= 0.3 is 0 Å². The minimum atomic E-state index is 0.516. The van der Waals surface area contributed by atoms with Crippen LogP contribution in [0.15, 0.2) is 79.5 Å². The first-order valence-corrected chi connectivity index (χ1v) is 9.08. The summed E-state index contributed by atoms with van der Waals surface area (Å²) in [6, 6.07) is 20.5. The Morgan fingerprint density at radius 2 is 1.70 bits per heavy atom. The van der Waals surface area contributed by atoms with Crippen molar-refractivity contribution in [3.8, 4) is 11.3 Å². The quantitative estimate of drug-likeness (QED) is 0.513. The Kier molecular flexibility index (Phi) is 5.41. The first kappa shape index (κ1) is 17.2. The topological polar surface area (TPSA) is 55.7 Å². The summed E-state index contributed by atoms with van der Waals surface area (Å²) in [6.07, 6.45) is 6.35. The molecular formula is C22H22N4O. The highest BCUT2D eigenvalue weighted by Gasteiger charge is 2.13. The molecule has 4 rings (SSSR count). The first-order chi connectivity index (χ1) is 13.4. The molecule has 0 unspecified atom stereocenters. The smallest absolute Gasteiger partial charge is 0.0956 e. The number of hydrogen-bond donors (Lipinski definition) is 1. The third-order valence-corrected chi connectivity index (χ3v) is 4.52. The van der Waals surface area contributed by atoms with Gasteiger partial charge in [-0.1, -0.05) is 60.7 Å². The van der Waals surface area contributed by atoms with E-state index >= 15 is 0 Å². The second kappa shape index (κ2) is 8.47. The van der Waals surface area contributed by atoms with Crippen molar-refractivity contribution < 1.29 is 4.74 Å². The van der Waals surface area contributed by atoms with Crippen molar-refractivity contribution in [1.82, 2.24) is 19.5 Å². The molecule has 1 N–H and O–H groups in total. The van der Waals surface area contributed by atoms with Gasteiger partial charge in [0.15, 0.2) is 0 Å². The molecule has 5 nitrogen and oxygen atoms in total. The van der Waals surface area contributed by atoms with E-state index in [-0.39, 0.29) is 0 Å². The highest BCUT2D eigenvalue weighted by Crippen LogP contribution is 2.23. The fraction of sp³-hybridized carbons (Fsp3) is 0.182. The van der Waals surface area contributed by atoms with Gasteiger partial charge in [-0.25, -0.2) is 9.97 Å². The number of aryl methyl sites for hydroxylation is 2. The van der Waals surface area contributed by atoms with Crippen LogP contribution >= 0.6 is 0 Å². The van der Waals surface area contributed by atoms with Gasteiger partial charge in [0.25, 0.3) is 0 Å². The van der Waals surface area contributed by atoms with Crippen LogP contribution in [0.2, 0.25) is 0 Å². The van der Waals surface area contributed by atoms with Crippen LogP contribution in [0.25, 0.3) is 11.3 Å². The largest absolute Gasteiger partial charge is 0.370 e. The van der Waals surface area contributed by atoms with Crippen molar-refractivity contribution in [3.63, 3.8) is 0 Å². The lowest BCUT2D eigenvalue weighted by Crippen LogP contribution is -2.07. The van der Waals surface area contributed by atoms with Crippen LogP contribution in [0.3, 0.4) is 0 Å². The van der Waals surface area contributed by atoms with Crippen LogP contribution in [0, 0.1) is 0 Å². The maximum atomic E-state index is 6.02. The molecule has 0 spiro atoms. The van der Waals surface area contributed by atoms with E-state index in [1.165, 1.54) is 5.56 Å². The second-order valence-corrected chi connectivity index (χ2v) is 6.40. The highest BCUT2D eigenvalue weighted by molar-refractivity contribution is 5.61. The van der Waals surface area contributed by atoms with Gasteiger partial charge < -0.3 is 14.3 Å². The van der Waals surface area contributed by atoms with Gasteiger partial charge in [-0.05, 0) is 5.56 Å². The van der Waals surface area contributed by atoms with E-state index in [2.05, 4.69) is 43.8 Å². The fourth-order valence-electron chi connectivity index (χ4n) is 3.09. The number of benzene rings is 2. The van der Waals surface area contributed by atoms with Gasteiger partial charge in [0, 0.05) is 30.4 Å². The molecule has 0 aliphatic rings. The lowest BCUT2D eigenvalue weighted by molar-refractivity contribution is 0.102. The van der Waals surface area contributed by atoms with Crippen molar-refractivity contribution in [2.45, 2.75) is 26.2 Å². The molecule has 0 amide bonds. The Labute approximate surface area is 158 Å². The van der Waals surface area contributed by atoms with Gasteiger partial charge in [0.05, 0.1) is 37.3 Å². The van der Waals surface area contributed by atoms with Crippen LogP contribution in [-0.2, 0) is 30.9 Å². The molecule has 136 valence electrons. The number of nitrogens with one attached hydrogen (secondary N) is 1. The summed E-state index contributed by atoms with van der Waals surface area (Å²) in [5, 5.41) is 0. The van der Waals surface area contributed by atoms with Crippen molar-refractivity contribution >= 4 is 0 Å². The van der Waals surface area contributed by atoms with E-state index in [4.69, 9.17) is 4.74 Å². The summed E-state index contributed by atoms with van der Waals surface area (Å²) in [4.78, 5) is 11.9. The Morgan fingerprint density at radius 3 is 2.44 bits per heavy atom. The third-order valence-electron chi connectivity index (χ3n) is 4.52. The lowest BCUT2D eigenvalue weighted by atomic mass is 10.1. The number of imidazole rings is 2. The van der Waals surface area contributed by atoms with E-state index in [1.54, 1.807) is 6.33 Å². The molecule has 0 fully saturated rings. The molecule has 0 atom stereocenters. The standard InChI is InChI=1S/C22H22N4O/c1-3-7-18(8-4-1)14-27-15-21-22(19-9-5-2-6-10-19)25-17-26(21)12-11-20-13-23-16-24-20/h1-10,13,16-17H,11-12,14-15H2,(H,23,24). The average molecular weight is 358 g/mol. The molecule has 0 bridgehead atoms. The van der Waals surface area contributed by atoms with Gasteiger partial charge in [-0.15, -0.1) is 0 Å². The molecule has 5 heteroatoms. The zero-order valence-corrected chi connectivity index (χ0v) is 15.1. The van der Waals surface area contributed by atoms with Gasteiger partial charge in [0.2, 0.25) is 0 Å². The molecular weight excluding hydrogens is 336 g/mol. The van der Waals surface area contributed by atoms with E-state index in [0.29, 0.717) is 13.2 Å². The Bertz CT molecular complexity index is 947. The van der Waals surface area contributed by atoms with Crippen molar-refractivity contribution in [2.75, 3.05) is 0 Å². The molecule has 2 aromatic heterocycles. The monoisotopic (exact) mass is 358 g/mol. The number of hydrogen-bond acceptors (Lipinski definition) is 3. The first-order valence-electron chi connectivity index (χ1n) is 9.08. The van der Waals surface area contributed by atoms with Gasteiger partial charge in [0.1, 0.15) is 0 Å². The number of aromatic amines is 1. The summed E-state index contributed by atoms with van der Waals surface area (Å²) < 4.78 is 8.20. The van der Waals surface area contributed by atoms with Crippen molar-refractivity contribution in [3.05, 3.63) is 96.5 Å². The normalized spacial score (nSPS) is 11.0. The van der Waals surface area contributed by atoms with E-state index < -0.39 is 0 Å². The second-order valence-electron chi connectivity index (χ2n) is 6.40. The zero-order chi connectivity index (χ0) is 18.3. The highest BCUT2D eigenvalue weighted by atomic mass is 16.5. The molecule has 0 saturated carbocycles. The number of rotatable bonds is 8. The molecule has 0 saturated heterocycles. The van der Waals surface area contributed by atoms with Crippen molar-refractivity contribution in [2.24, 2.45) is 0 Å². The Morgan fingerprint density at radius 1 is 0.926 bits per heavy atom. The summed E-state index contributed by atoms with van der Waals surface area (Å²) in [6.45, 7) is 1.93. The summed E-state index contributed by atoms with van der Waals surface area (Å²) in [7, 11) is 0. The molecule has 4 aromatic rings.